The highest BCUT2D eigenvalue weighted by Gasteiger charge is 2.30. The van der Waals surface area contributed by atoms with E-state index in [1.165, 1.54) is 44.2 Å². The lowest BCUT2D eigenvalue weighted by atomic mass is 10.0. The Morgan fingerprint density at radius 3 is 3.00 bits per heavy atom. The first-order valence-electron chi connectivity index (χ1n) is 8.04. The predicted octanol–water partition coefficient (Wildman–Crippen LogP) is 1.71. The molecule has 2 unspecified atom stereocenters. The maximum Gasteiger partial charge on any atom is 0.244 e. The van der Waals surface area contributed by atoms with Crippen LogP contribution in [0, 0.1) is 5.92 Å². The Balaban J connectivity index is 1.42. The summed E-state index contributed by atoms with van der Waals surface area (Å²) in [5, 5.41) is 2.99. The van der Waals surface area contributed by atoms with Gasteiger partial charge < -0.3 is 10.1 Å². The lowest BCUT2D eigenvalue weighted by molar-refractivity contribution is -0.118. The van der Waals surface area contributed by atoms with Gasteiger partial charge in [0.15, 0.2) is 0 Å². The smallest absolute Gasteiger partial charge is 0.244 e. The van der Waals surface area contributed by atoms with Crippen molar-refractivity contribution in [2.24, 2.45) is 5.92 Å². The summed E-state index contributed by atoms with van der Waals surface area (Å²) in [6, 6.07) is 0.618. The van der Waals surface area contributed by atoms with Crippen molar-refractivity contribution in [2.45, 2.75) is 51.2 Å². The van der Waals surface area contributed by atoms with Crippen molar-refractivity contribution in [3.8, 4) is 0 Å². The highest BCUT2D eigenvalue weighted by Crippen LogP contribution is 2.35. The SMILES string of the molecule is CC(=CC(=O)NCC1CN2CCCCC2CO1)C1CC1. The van der Waals surface area contributed by atoms with Crippen molar-refractivity contribution in [3.05, 3.63) is 11.6 Å². The topological polar surface area (TPSA) is 41.6 Å². The number of rotatable bonds is 4. The monoisotopic (exact) mass is 278 g/mol. The molecule has 2 saturated heterocycles. The van der Waals surface area contributed by atoms with Crippen LogP contribution in [0.15, 0.2) is 11.6 Å². The first-order valence-corrected chi connectivity index (χ1v) is 8.04. The van der Waals surface area contributed by atoms with Gasteiger partial charge in [-0.2, -0.15) is 0 Å². The molecule has 1 N–H and O–H groups in total. The van der Waals surface area contributed by atoms with Crippen LogP contribution in [0.2, 0.25) is 0 Å². The van der Waals surface area contributed by atoms with E-state index in [1.54, 1.807) is 6.08 Å². The Morgan fingerprint density at radius 1 is 1.35 bits per heavy atom. The van der Waals surface area contributed by atoms with Crippen LogP contribution in [0.4, 0.5) is 0 Å². The van der Waals surface area contributed by atoms with E-state index in [0.29, 0.717) is 18.5 Å². The minimum atomic E-state index is 0.0405. The minimum Gasteiger partial charge on any atom is -0.373 e. The zero-order valence-corrected chi connectivity index (χ0v) is 12.4. The van der Waals surface area contributed by atoms with Gasteiger partial charge in [0.05, 0.1) is 12.7 Å². The van der Waals surface area contributed by atoms with E-state index in [9.17, 15) is 4.79 Å². The number of carbonyl (C=O) groups excluding carboxylic acids is 1. The van der Waals surface area contributed by atoms with Gasteiger partial charge in [0.1, 0.15) is 0 Å². The lowest BCUT2D eigenvalue weighted by Crippen LogP contribution is -2.54. The van der Waals surface area contributed by atoms with Crippen LogP contribution < -0.4 is 5.32 Å². The molecular formula is C16H26N2O2. The number of fused-ring (bicyclic) bond motifs is 1. The van der Waals surface area contributed by atoms with E-state index in [1.807, 2.05) is 0 Å². The van der Waals surface area contributed by atoms with E-state index in [0.717, 1.165) is 13.2 Å². The maximum absolute atomic E-state index is 11.9. The summed E-state index contributed by atoms with van der Waals surface area (Å²) in [4.78, 5) is 14.4. The molecule has 3 fully saturated rings. The molecule has 20 heavy (non-hydrogen) atoms. The van der Waals surface area contributed by atoms with Crippen molar-refractivity contribution >= 4 is 5.91 Å². The third kappa shape index (κ3) is 3.61. The van der Waals surface area contributed by atoms with Crippen LogP contribution in [0.25, 0.3) is 0 Å². The molecule has 2 aliphatic heterocycles. The average molecular weight is 278 g/mol. The third-order valence-electron chi connectivity index (χ3n) is 4.80. The fourth-order valence-corrected chi connectivity index (χ4v) is 3.30. The summed E-state index contributed by atoms with van der Waals surface area (Å²) in [6.07, 6.45) is 8.32. The molecule has 0 aromatic carbocycles. The van der Waals surface area contributed by atoms with Crippen molar-refractivity contribution in [2.75, 3.05) is 26.2 Å². The molecule has 3 aliphatic rings. The van der Waals surface area contributed by atoms with Crippen LogP contribution in [0.5, 0.6) is 0 Å². The largest absolute Gasteiger partial charge is 0.373 e. The Morgan fingerprint density at radius 2 is 2.20 bits per heavy atom. The van der Waals surface area contributed by atoms with Crippen molar-refractivity contribution < 1.29 is 9.53 Å². The maximum atomic E-state index is 11.9. The highest BCUT2D eigenvalue weighted by atomic mass is 16.5. The normalized spacial score (nSPS) is 31.8. The number of nitrogens with one attached hydrogen (secondary N) is 1. The molecule has 1 saturated carbocycles. The van der Waals surface area contributed by atoms with Gasteiger partial charge in [-0.25, -0.2) is 0 Å². The molecule has 2 atom stereocenters. The molecule has 1 amide bonds. The molecule has 112 valence electrons. The Bertz CT molecular complexity index is 390. The number of hydrogen-bond donors (Lipinski definition) is 1. The molecule has 4 nitrogen and oxygen atoms in total. The summed E-state index contributed by atoms with van der Waals surface area (Å²) < 4.78 is 5.89. The van der Waals surface area contributed by atoms with Gasteiger partial charge in [-0.05, 0) is 45.1 Å². The lowest BCUT2D eigenvalue weighted by Gasteiger charge is -2.42. The Labute approximate surface area is 121 Å². The van der Waals surface area contributed by atoms with E-state index >= 15 is 0 Å². The van der Waals surface area contributed by atoms with Gasteiger partial charge in [-0.15, -0.1) is 0 Å². The van der Waals surface area contributed by atoms with Crippen molar-refractivity contribution in [1.29, 1.82) is 0 Å². The zero-order chi connectivity index (χ0) is 13.9. The molecular weight excluding hydrogens is 252 g/mol. The fraction of sp³-hybridized carbons (Fsp3) is 0.812. The molecule has 0 spiro atoms. The van der Waals surface area contributed by atoms with Gasteiger partial charge in [0.2, 0.25) is 5.91 Å². The zero-order valence-electron chi connectivity index (χ0n) is 12.4. The molecule has 3 rings (SSSR count). The summed E-state index contributed by atoms with van der Waals surface area (Å²) in [6.45, 7) is 5.69. The molecule has 0 aromatic rings. The molecule has 2 heterocycles. The van der Waals surface area contributed by atoms with Gasteiger partial charge >= 0.3 is 0 Å². The summed E-state index contributed by atoms with van der Waals surface area (Å²) in [7, 11) is 0. The number of hydrogen-bond acceptors (Lipinski definition) is 3. The van der Waals surface area contributed by atoms with Crippen LogP contribution in [-0.4, -0.2) is 49.2 Å². The molecule has 4 heteroatoms. The average Bonchev–Trinajstić information content (AvgIpc) is 3.29. The van der Waals surface area contributed by atoms with Gasteiger partial charge in [-0.3, -0.25) is 9.69 Å². The van der Waals surface area contributed by atoms with E-state index in [4.69, 9.17) is 4.74 Å². The number of amides is 1. The van der Waals surface area contributed by atoms with Gasteiger partial charge in [0, 0.05) is 25.2 Å². The van der Waals surface area contributed by atoms with Crippen molar-refractivity contribution in [3.63, 3.8) is 0 Å². The number of ether oxygens (including phenoxy) is 1. The van der Waals surface area contributed by atoms with E-state index in [-0.39, 0.29) is 12.0 Å². The van der Waals surface area contributed by atoms with Crippen LogP contribution in [0.3, 0.4) is 0 Å². The van der Waals surface area contributed by atoms with Crippen LogP contribution in [0.1, 0.15) is 39.0 Å². The molecule has 0 radical (unpaired) electrons. The second-order valence-electron chi connectivity index (χ2n) is 6.51. The second-order valence-corrected chi connectivity index (χ2v) is 6.51. The highest BCUT2D eigenvalue weighted by molar-refractivity contribution is 5.88. The first-order chi connectivity index (χ1) is 9.72. The van der Waals surface area contributed by atoms with E-state index in [2.05, 4.69) is 17.1 Å². The number of morpholine rings is 1. The standard InChI is InChI=1S/C16H26N2O2/c1-12(13-5-6-13)8-16(19)17-9-15-10-18-7-3-2-4-14(18)11-20-15/h8,13-15H,2-7,9-11H2,1H3,(H,17,19). The second kappa shape index (κ2) is 6.27. The van der Waals surface area contributed by atoms with Crippen molar-refractivity contribution in [1.82, 2.24) is 10.2 Å². The third-order valence-corrected chi connectivity index (χ3v) is 4.80. The quantitative estimate of drug-likeness (QED) is 0.796. The Hall–Kier alpha value is -0.870. The molecule has 1 aliphatic carbocycles. The van der Waals surface area contributed by atoms with Gasteiger partial charge in [0.25, 0.3) is 0 Å². The fourth-order valence-electron chi connectivity index (χ4n) is 3.30. The molecule has 0 bridgehead atoms. The number of allylic oxidation sites excluding steroid dienone is 1. The van der Waals surface area contributed by atoms with Crippen LogP contribution in [-0.2, 0) is 9.53 Å². The summed E-state index contributed by atoms with van der Waals surface area (Å²) in [5.41, 5.74) is 1.23. The number of carbonyl (C=O) groups is 1. The van der Waals surface area contributed by atoms with E-state index < -0.39 is 0 Å². The predicted molar refractivity (Wildman–Crippen MR) is 78.4 cm³/mol. The van der Waals surface area contributed by atoms with Gasteiger partial charge in [-0.1, -0.05) is 12.0 Å². The summed E-state index contributed by atoms with van der Waals surface area (Å²) in [5.74, 6) is 0.708. The number of nitrogens with zero attached hydrogens (tertiary/aromatic N) is 1. The molecule has 0 aromatic heterocycles. The first kappa shape index (κ1) is 14.1. The van der Waals surface area contributed by atoms with Crippen LogP contribution >= 0.6 is 0 Å². The number of piperidine rings is 1. The minimum absolute atomic E-state index is 0.0405. The summed E-state index contributed by atoms with van der Waals surface area (Å²) >= 11 is 0. The Kier molecular flexibility index (Phi) is 4.41.